The first kappa shape index (κ1) is 9.54. The van der Waals surface area contributed by atoms with E-state index in [1.807, 2.05) is 6.92 Å². The molecule has 1 N–H and O–H groups in total. The Morgan fingerprint density at radius 2 is 2.33 bits per heavy atom. The molecular weight excluding hydrogens is 200 g/mol. The van der Waals surface area contributed by atoms with Crippen molar-refractivity contribution in [2.75, 3.05) is 0 Å². The van der Waals surface area contributed by atoms with E-state index in [1.54, 1.807) is 0 Å². The molecule has 0 spiro atoms. The van der Waals surface area contributed by atoms with Crippen LogP contribution in [0.25, 0.3) is 0 Å². The molecule has 0 aromatic carbocycles. The van der Waals surface area contributed by atoms with Gasteiger partial charge in [0.1, 0.15) is 0 Å². The molecule has 6 heteroatoms. The Kier molecular flexibility index (Phi) is 2.74. The third kappa shape index (κ3) is 2.49. The Morgan fingerprint density at radius 3 is 2.83 bits per heavy atom. The summed E-state index contributed by atoms with van der Waals surface area (Å²) in [6, 6.07) is 0. The molecule has 68 valence electrons. The number of aromatic amines is 1. The van der Waals surface area contributed by atoms with Crippen LogP contribution >= 0.6 is 10.7 Å². The van der Waals surface area contributed by atoms with E-state index in [1.165, 1.54) is 6.20 Å². The van der Waals surface area contributed by atoms with Gasteiger partial charge >= 0.3 is 0 Å². The van der Waals surface area contributed by atoms with Gasteiger partial charge in [-0.05, 0) is 6.42 Å². The molecule has 0 fully saturated rings. The zero-order valence-electron chi connectivity index (χ0n) is 6.54. The standard InChI is InChI=1S/C6H9ClN2O2S/c1-2-6-5(3-8-9-6)4-12(7,10)11/h3H,2,4H2,1H3,(H,8,9). The molecule has 12 heavy (non-hydrogen) atoms. The van der Waals surface area contributed by atoms with Crippen LogP contribution in [-0.4, -0.2) is 18.6 Å². The van der Waals surface area contributed by atoms with Crippen molar-refractivity contribution >= 4 is 19.7 Å². The Labute approximate surface area is 75.4 Å². The van der Waals surface area contributed by atoms with Crippen molar-refractivity contribution in [2.45, 2.75) is 19.1 Å². The summed E-state index contributed by atoms with van der Waals surface area (Å²) in [7, 11) is 1.62. The first-order valence-electron chi connectivity index (χ1n) is 3.46. The number of halogens is 1. The van der Waals surface area contributed by atoms with Gasteiger partial charge in [-0.2, -0.15) is 5.10 Å². The Balaban J connectivity index is 2.89. The van der Waals surface area contributed by atoms with Gasteiger partial charge in [0.2, 0.25) is 9.05 Å². The molecule has 0 amide bonds. The van der Waals surface area contributed by atoms with E-state index in [0.29, 0.717) is 5.56 Å². The maximum Gasteiger partial charge on any atom is 0.236 e. The Morgan fingerprint density at radius 1 is 1.67 bits per heavy atom. The van der Waals surface area contributed by atoms with Crippen molar-refractivity contribution in [2.24, 2.45) is 0 Å². The lowest BCUT2D eigenvalue weighted by Gasteiger charge is -1.95. The van der Waals surface area contributed by atoms with Crippen LogP contribution in [0.2, 0.25) is 0 Å². The molecular formula is C6H9ClN2O2S. The molecule has 0 aliphatic heterocycles. The van der Waals surface area contributed by atoms with Gasteiger partial charge in [-0.15, -0.1) is 0 Å². The van der Waals surface area contributed by atoms with Crippen molar-refractivity contribution in [3.63, 3.8) is 0 Å². The monoisotopic (exact) mass is 208 g/mol. The SMILES string of the molecule is CCc1[nH]ncc1CS(=O)(=O)Cl. The van der Waals surface area contributed by atoms with Crippen molar-refractivity contribution in [3.05, 3.63) is 17.5 Å². The highest BCUT2D eigenvalue weighted by atomic mass is 35.7. The predicted octanol–water partition coefficient (Wildman–Crippen LogP) is 1.04. The average molecular weight is 209 g/mol. The Bertz CT molecular complexity index is 357. The zero-order valence-corrected chi connectivity index (χ0v) is 8.11. The summed E-state index contributed by atoms with van der Waals surface area (Å²) >= 11 is 0. The first-order valence-corrected chi connectivity index (χ1v) is 5.94. The molecule has 0 atom stereocenters. The van der Waals surface area contributed by atoms with Crippen molar-refractivity contribution in [1.82, 2.24) is 10.2 Å². The van der Waals surface area contributed by atoms with Crippen LogP contribution in [0.1, 0.15) is 18.2 Å². The topological polar surface area (TPSA) is 62.8 Å². The molecule has 0 bridgehead atoms. The summed E-state index contributed by atoms with van der Waals surface area (Å²) in [5.74, 6) is -0.159. The van der Waals surface area contributed by atoms with Crippen LogP contribution in [0.15, 0.2) is 6.20 Å². The minimum Gasteiger partial charge on any atom is -0.282 e. The number of hydrogen-bond acceptors (Lipinski definition) is 3. The average Bonchev–Trinajstić information content (AvgIpc) is 2.31. The van der Waals surface area contributed by atoms with Crippen LogP contribution < -0.4 is 0 Å². The van der Waals surface area contributed by atoms with E-state index < -0.39 is 9.05 Å². The van der Waals surface area contributed by atoms with Gasteiger partial charge < -0.3 is 0 Å². The van der Waals surface area contributed by atoms with E-state index in [9.17, 15) is 8.42 Å². The highest BCUT2D eigenvalue weighted by molar-refractivity contribution is 8.13. The van der Waals surface area contributed by atoms with Crippen LogP contribution in [0, 0.1) is 0 Å². The van der Waals surface area contributed by atoms with Crippen molar-refractivity contribution in [3.8, 4) is 0 Å². The fourth-order valence-electron chi connectivity index (χ4n) is 0.954. The number of nitrogens with one attached hydrogen (secondary N) is 1. The second-order valence-corrected chi connectivity index (χ2v) is 5.19. The smallest absolute Gasteiger partial charge is 0.236 e. The number of H-pyrrole nitrogens is 1. The predicted molar refractivity (Wildman–Crippen MR) is 46.4 cm³/mol. The van der Waals surface area contributed by atoms with Gasteiger partial charge in [0.25, 0.3) is 0 Å². The molecule has 1 heterocycles. The highest BCUT2D eigenvalue weighted by Gasteiger charge is 2.11. The third-order valence-electron chi connectivity index (χ3n) is 1.49. The van der Waals surface area contributed by atoms with E-state index in [4.69, 9.17) is 10.7 Å². The largest absolute Gasteiger partial charge is 0.282 e. The van der Waals surface area contributed by atoms with Gasteiger partial charge in [-0.25, -0.2) is 8.42 Å². The lowest BCUT2D eigenvalue weighted by Crippen LogP contribution is -1.97. The molecule has 1 aromatic heterocycles. The number of aryl methyl sites for hydroxylation is 1. The van der Waals surface area contributed by atoms with Gasteiger partial charge in [-0.1, -0.05) is 6.92 Å². The normalized spacial score (nSPS) is 11.8. The fourth-order valence-corrected chi connectivity index (χ4v) is 1.93. The summed E-state index contributed by atoms with van der Waals surface area (Å²) < 4.78 is 21.4. The lowest BCUT2D eigenvalue weighted by atomic mass is 10.2. The quantitative estimate of drug-likeness (QED) is 0.755. The highest BCUT2D eigenvalue weighted by Crippen LogP contribution is 2.12. The van der Waals surface area contributed by atoms with Crippen LogP contribution in [0.4, 0.5) is 0 Å². The summed E-state index contributed by atoms with van der Waals surface area (Å²) in [4.78, 5) is 0. The molecule has 1 aromatic rings. The number of nitrogens with zero attached hydrogens (tertiary/aromatic N) is 1. The van der Waals surface area contributed by atoms with E-state index in [-0.39, 0.29) is 5.75 Å². The maximum absolute atomic E-state index is 10.7. The molecule has 0 saturated carbocycles. The second-order valence-electron chi connectivity index (χ2n) is 2.41. The summed E-state index contributed by atoms with van der Waals surface area (Å²) in [5, 5.41) is 6.43. The second kappa shape index (κ2) is 3.45. The summed E-state index contributed by atoms with van der Waals surface area (Å²) in [6.07, 6.45) is 2.21. The molecule has 0 aliphatic rings. The van der Waals surface area contributed by atoms with Crippen LogP contribution in [0.5, 0.6) is 0 Å². The summed E-state index contributed by atoms with van der Waals surface area (Å²) in [6.45, 7) is 1.91. The minimum atomic E-state index is -3.47. The third-order valence-corrected chi connectivity index (χ3v) is 2.47. The maximum atomic E-state index is 10.7. The lowest BCUT2D eigenvalue weighted by molar-refractivity contribution is 0.608. The minimum absolute atomic E-state index is 0.159. The molecule has 4 nitrogen and oxygen atoms in total. The molecule has 0 aliphatic carbocycles. The van der Waals surface area contributed by atoms with Gasteiger partial charge in [0.15, 0.2) is 0 Å². The molecule has 0 saturated heterocycles. The van der Waals surface area contributed by atoms with E-state index >= 15 is 0 Å². The van der Waals surface area contributed by atoms with E-state index in [2.05, 4.69) is 10.2 Å². The number of hydrogen-bond donors (Lipinski definition) is 1. The summed E-state index contributed by atoms with van der Waals surface area (Å²) in [5.41, 5.74) is 1.46. The molecule has 0 unspecified atom stereocenters. The number of aromatic nitrogens is 2. The van der Waals surface area contributed by atoms with Crippen molar-refractivity contribution < 1.29 is 8.42 Å². The van der Waals surface area contributed by atoms with E-state index in [0.717, 1.165) is 12.1 Å². The van der Waals surface area contributed by atoms with Crippen LogP contribution in [-0.2, 0) is 21.2 Å². The Hall–Kier alpha value is -0.550. The van der Waals surface area contributed by atoms with Gasteiger partial charge in [0.05, 0.1) is 11.9 Å². The van der Waals surface area contributed by atoms with Crippen molar-refractivity contribution in [1.29, 1.82) is 0 Å². The molecule has 0 radical (unpaired) electrons. The zero-order chi connectivity index (χ0) is 9.19. The fraction of sp³-hybridized carbons (Fsp3) is 0.500. The van der Waals surface area contributed by atoms with Crippen LogP contribution in [0.3, 0.4) is 0 Å². The first-order chi connectivity index (χ1) is 5.53. The van der Waals surface area contributed by atoms with Gasteiger partial charge in [-0.3, -0.25) is 5.10 Å². The van der Waals surface area contributed by atoms with Gasteiger partial charge in [0, 0.05) is 21.9 Å². The number of rotatable bonds is 3. The molecule has 1 rings (SSSR count).